The highest BCUT2D eigenvalue weighted by Gasteiger charge is 2.19. The van der Waals surface area contributed by atoms with E-state index in [2.05, 4.69) is 5.32 Å². The number of anilines is 2. The second-order valence-electron chi connectivity index (χ2n) is 7.56. The van der Waals surface area contributed by atoms with Crippen molar-refractivity contribution in [3.05, 3.63) is 88.9 Å². The number of sulfonamides is 1. The number of carbonyl (C=O) groups is 1. The predicted octanol–water partition coefficient (Wildman–Crippen LogP) is 5.35. The third-order valence-electron chi connectivity index (χ3n) is 4.55. The van der Waals surface area contributed by atoms with E-state index in [9.17, 15) is 13.2 Å². The number of benzene rings is 3. The monoisotopic (exact) mass is 472 g/mol. The van der Waals surface area contributed by atoms with Crippen molar-refractivity contribution in [1.29, 1.82) is 0 Å². The summed E-state index contributed by atoms with van der Waals surface area (Å²) in [7, 11) is -3.57. The highest BCUT2D eigenvalue weighted by Crippen LogP contribution is 2.25. The minimum absolute atomic E-state index is 0.0250. The third kappa shape index (κ3) is 6.24. The van der Waals surface area contributed by atoms with Gasteiger partial charge in [0.2, 0.25) is 10.0 Å². The van der Waals surface area contributed by atoms with Gasteiger partial charge in [0.25, 0.3) is 5.91 Å². The maximum absolute atomic E-state index is 12.7. The van der Waals surface area contributed by atoms with Crippen molar-refractivity contribution in [2.75, 3.05) is 15.9 Å². The van der Waals surface area contributed by atoms with Crippen LogP contribution in [0.15, 0.2) is 72.8 Å². The zero-order valence-electron chi connectivity index (χ0n) is 18.1. The van der Waals surface area contributed by atoms with Crippen LogP contribution in [0.5, 0.6) is 5.75 Å². The Bertz CT molecular complexity index is 1190. The van der Waals surface area contributed by atoms with Gasteiger partial charge in [0.05, 0.1) is 24.6 Å². The molecule has 3 rings (SSSR count). The van der Waals surface area contributed by atoms with E-state index in [1.165, 1.54) is 4.31 Å². The van der Waals surface area contributed by atoms with Gasteiger partial charge in [-0.25, -0.2) is 8.42 Å². The molecule has 0 aromatic heterocycles. The Labute approximate surface area is 193 Å². The van der Waals surface area contributed by atoms with Gasteiger partial charge < -0.3 is 10.1 Å². The molecule has 0 fully saturated rings. The smallest absolute Gasteiger partial charge is 0.255 e. The van der Waals surface area contributed by atoms with E-state index in [4.69, 9.17) is 16.3 Å². The summed E-state index contributed by atoms with van der Waals surface area (Å²) in [6.45, 7) is 3.95. The van der Waals surface area contributed by atoms with Crippen LogP contribution in [0.1, 0.15) is 29.8 Å². The molecule has 0 bridgehead atoms. The van der Waals surface area contributed by atoms with Crippen LogP contribution in [0.25, 0.3) is 0 Å². The fourth-order valence-electron chi connectivity index (χ4n) is 3.08. The van der Waals surface area contributed by atoms with Gasteiger partial charge in [-0.1, -0.05) is 35.9 Å². The Morgan fingerprint density at radius 3 is 2.34 bits per heavy atom. The van der Waals surface area contributed by atoms with Gasteiger partial charge in [0, 0.05) is 22.3 Å². The summed E-state index contributed by atoms with van der Waals surface area (Å²) in [5, 5.41) is 3.32. The number of nitrogens with one attached hydrogen (secondary N) is 1. The van der Waals surface area contributed by atoms with Gasteiger partial charge in [0.1, 0.15) is 5.75 Å². The average molecular weight is 473 g/mol. The summed E-state index contributed by atoms with van der Waals surface area (Å²) < 4.78 is 31.7. The molecule has 0 aliphatic carbocycles. The maximum Gasteiger partial charge on any atom is 0.255 e. The van der Waals surface area contributed by atoms with E-state index in [0.29, 0.717) is 33.3 Å². The van der Waals surface area contributed by atoms with Crippen LogP contribution in [0.4, 0.5) is 11.4 Å². The van der Waals surface area contributed by atoms with Gasteiger partial charge in [0.15, 0.2) is 0 Å². The Balaban J connectivity index is 1.78. The van der Waals surface area contributed by atoms with E-state index in [-0.39, 0.29) is 18.6 Å². The van der Waals surface area contributed by atoms with Crippen molar-refractivity contribution in [3.63, 3.8) is 0 Å². The zero-order valence-corrected chi connectivity index (χ0v) is 19.7. The standard InChI is InChI=1S/C24H25ClN2O4S/c1-17(2)31-22-9-6-8-20(15-22)26-24(28)18-11-13-21(14-12-18)27(32(3,29)30)16-19-7-4-5-10-23(19)25/h4-15,17H,16H2,1-3H3,(H,26,28). The van der Waals surface area contributed by atoms with Crippen LogP contribution in [-0.2, 0) is 16.6 Å². The lowest BCUT2D eigenvalue weighted by molar-refractivity contribution is 0.102. The molecule has 3 aromatic carbocycles. The van der Waals surface area contributed by atoms with Crippen LogP contribution in [0.3, 0.4) is 0 Å². The lowest BCUT2D eigenvalue weighted by Gasteiger charge is -2.23. The molecule has 168 valence electrons. The molecule has 0 aliphatic heterocycles. The van der Waals surface area contributed by atoms with Crippen molar-refractivity contribution in [2.24, 2.45) is 0 Å². The summed E-state index contributed by atoms with van der Waals surface area (Å²) >= 11 is 6.21. The molecule has 0 spiro atoms. The van der Waals surface area contributed by atoms with Crippen molar-refractivity contribution < 1.29 is 17.9 Å². The summed E-state index contributed by atoms with van der Waals surface area (Å²) in [6.07, 6.45) is 1.16. The Hall–Kier alpha value is -3.03. The number of carbonyl (C=O) groups excluding carboxylic acids is 1. The topological polar surface area (TPSA) is 75.7 Å². The highest BCUT2D eigenvalue weighted by molar-refractivity contribution is 7.92. The molecule has 32 heavy (non-hydrogen) atoms. The molecule has 1 N–H and O–H groups in total. The second kappa shape index (κ2) is 10.1. The zero-order chi connectivity index (χ0) is 23.3. The Morgan fingerprint density at radius 1 is 1.03 bits per heavy atom. The number of hydrogen-bond donors (Lipinski definition) is 1. The van der Waals surface area contributed by atoms with Crippen LogP contribution >= 0.6 is 11.6 Å². The summed E-state index contributed by atoms with van der Waals surface area (Å²) in [5.74, 6) is 0.353. The number of nitrogens with zero attached hydrogens (tertiary/aromatic N) is 1. The van der Waals surface area contributed by atoms with Gasteiger partial charge in [-0.15, -0.1) is 0 Å². The molecule has 8 heteroatoms. The molecule has 0 heterocycles. The molecule has 3 aromatic rings. The van der Waals surface area contributed by atoms with Crippen molar-refractivity contribution in [2.45, 2.75) is 26.5 Å². The van der Waals surface area contributed by atoms with Crippen molar-refractivity contribution in [1.82, 2.24) is 0 Å². The molecule has 0 saturated heterocycles. The molecule has 0 radical (unpaired) electrons. The fourth-order valence-corrected chi connectivity index (χ4v) is 4.16. The summed E-state index contributed by atoms with van der Waals surface area (Å²) in [4.78, 5) is 12.7. The number of halogens is 1. The normalized spacial score (nSPS) is 11.3. The van der Waals surface area contributed by atoms with Crippen molar-refractivity contribution in [3.8, 4) is 5.75 Å². The Morgan fingerprint density at radius 2 is 1.72 bits per heavy atom. The number of ether oxygens (including phenoxy) is 1. The minimum atomic E-state index is -3.57. The molecule has 0 saturated carbocycles. The number of amides is 1. The predicted molar refractivity (Wildman–Crippen MR) is 129 cm³/mol. The first-order valence-electron chi connectivity index (χ1n) is 10.0. The SMILES string of the molecule is CC(C)Oc1cccc(NC(=O)c2ccc(N(Cc3ccccc3Cl)S(C)(=O)=O)cc2)c1. The first-order chi connectivity index (χ1) is 15.1. The van der Waals surface area contributed by atoms with Gasteiger partial charge >= 0.3 is 0 Å². The van der Waals surface area contributed by atoms with Crippen LogP contribution < -0.4 is 14.4 Å². The molecular weight excluding hydrogens is 448 g/mol. The quantitative estimate of drug-likeness (QED) is 0.479. The molecule has 0 unspecified atom stereocenters. The largest absolute Gasteiger partial charge is 0.491 e. The van der Waals surface area contributed by atoms with E-state index < -0.39 is 10.0 Å². The third-order valence-corrected chi connectivity index (χ3v) is 6.06. The number of rotatable bonds is 8. The fraction of sp³-hybridized carbons (Fsp3) is 0.208. The molecule has 0 atom stereocenters. The van der Waals surface area contributed by atoms with Crippen LogP contribution in [-0.4, -0.2) is 26.7 Å². The Kier molecular flexibility index (Phi) is 7.43. The summed E-state index contributed by atoms with van der Waals surface area (Å²) in [6, 6.07) is 20.6. The minimum Gasteiger partial charge on any atom is -0.491 e. The lowest BCUT2D eigenvalue weighted by atomic mass is 10.1. The average Bonchev–Trinajstić information content (AvgIpc) is 2.72. The maximum atomic E-state index is 12.7. The van der Waals surface area contributed by atoms with Gasteiger partial charge in [-0.2, -0.15) is 0 Å². The first kappa shape index (κ1) is 23.6. The van der Waals surface area contributed by atoms with Crippen molar-refractivity contribution >= 4 is 38.9 Å². The van der Waals surface area contributed by atoms with Crippen LogP contribution in [0, 0.1) is 0 Å². The van der Waals surface area contributed by atoms with E-state index >= 15 is 0 Å². The van der Waals surface area contributed by atoms with E-state index in [1.54, 1.807) is 66.7 Å². The second-order valence-corrected chi connectivity index (χ2v) is 9.87. The van der Waals surface area contributed by atoms with E-state index in [0.717, 1.165) is 6.26 Å². The van der Waals surface area contributed by atoms with Gasteiger partial charge in [-0.05, 0) is 61.9 Å². The van der Waals surface area contributed by atoms with E-state index in [1.807, 2.05) is 19.9 Å². The lowest BCUT2D eigenvalue weighted by Crippen LogP contribution is -2.29. The molecular formula is C24H25ClN2O4S. The molecule has 6 nitrogen and oxygen atoms in total. The first-order valence-corrected chi connectivity index (χ1v) is 12.3. The highest BCUT2D eigenvalue weighted by atomic mass is 35.5. The molecule has 0 aliphatic rings. The summed E-state index contributed by atoms with van der Waals surface area (Å²) in [5.41, 5.74) is 2.13. The van der Waals surface area contributed by atoms with Gasteiger partial charge in [-0.3, -0.25) is 9.10 Å². The molecule has 1 amide bonds. The number of hydrogen-bond acceptors (Lipinski definition) is 4. The van der Waals surface area contributed by atoms with Crippen LogP contribution in [0.2, 0.25) is 5.02 Å².